The van der Waals surface area contributed by atoms with Gasteiger partial charge in [0.15, 0.2) is 5.82 Å². The summed E-state index contributed by atoms with van der Waals surface area (Å²) in [4.78, 5) is 17.3. The summed E-state index contributed by atoms with van der Waals surface area (Å²) in [5.41, 5.74) is 4.05. The van der Waals surface area contributed by atoms with Crippen molar-refractivity contribution in [3.05, 3.63) is 94.5 Å². The number of rotatable bonds is 4. The first kappa shape index (κ1) is 19.8. The molecule has 1 N–H and O–H groups in total. The average Bonchev–Trinajstić information content (AvgIpc) is 3.17. The highest BCUT2D eigenvalue weighted by Crippen LogP contribution is 2.24. The molecule has 150 valence electrons. The number of hydrogen-bond donors (Lipinski definition) is 1. The molecule has 0 saturated heterocycles. The molecule has 0 unspecified atom stereocenters. The van der Waals surface area contributed by atoms with Crippen LogP contribution in [-0.4, -0.2) is 20.7 Å². The van der Waals surface area contributed by atoms with Crippen LogP contribution in [0.5, 0.6) is 0 Å². The molecule has 7 heteroatoms. The summed E-state index contributed by atoms with van der Waals surface area (Å²) in [6.45, 7) is 3.91. The van der Waals surface area contributed by atoms with E-state index in [-0.39, 0.29) is 11.6 Å². The number of halogens is 2. The van der Waals surface area contributed by atoms with Crippen LogP contribution in [0.1, 0.15) is 21.7 Å². The fraction of sp³-hybridized carbons (Fsp3) is 0.0870. The Hall–Kier alpha value is -3.51. The minimum Gasteiger partial charge on any atom is -0.319 e. The molecule has 1 amide bonds. The Balaban J connectivity index is 1.75. The first-order valence-electron chi connectivity index (χ1n) is 9.28. The van der Waals surface area contributed by atoms with E-state index >= 15 is 0 Å². The maximum atomic E-state index is 13.4. The molecule has 1 heterocycles. The molecule has 0 bridgehead atoms. The van der Waals surface area contributed by atoms with Crippen molar-refractivity contribution >= 4 is 23.2 Å². The van der Waals surface area contributed by atoms with Gasteiger partial charge >= 0.3 is 0 Å². The molecule has 0 spiro atoms. The average molecular weight is 421 g/mol. The fourth-order valence-electron chi connectivity index (χ4n) is 3.09. The molecule has 30 heavy (non-hydrogen) atoms. The minimum atomic E-state index is -0.432. The number of amides is 1. The van der Waals surface area contributed by atoms with Gasteiger partial charge in [-0.15, -0.1) is 5.10 Å². The van der Waals surface area contributed by atoms with E-state index in [1.807, 2.05) is 32.0 Å². The summed E-state index contributed by atoms with van der Waals surface area (Å²) in [6.07, 6.45) is 0. The van der Waals surface area contributed by atoms with E-state index in [0.29, 0.717) is 22.2 Å². The first-order valence-corrected chi connectivity index (χ1v) is 9.66. The van der Waals surface area contributed by atoms with Crippen LogP contribution < -0.4 is 5.32 Å². The first-order chi connectivity index (χ1) is 14.4. The molecule has 3 aromatic carbocycles. The zero-order chi connectivity index (χ0) is 21.3. The molecule has 0 radical (unpaired) electrons. The lowest BCUT2D eigenvalue weighted by molar-refractivity contribution is 0.101. The van der Waals surface area contributed by atoms with Crippen molar-refractivity contribution < 1.29 is 9.18 Å². The van der Waals surface area contributed by atoms with E-state index in [2.05, 4.69) is 15.4 Å². The second-order valence-corrected chi connectivity index (χ2v) is 7.36. The predicted molar refractivity (Wildman–Crippen MR) is 116 cm³/mol. The maximum absolute atomic E-state index is 13.4. The topological polar surface area (TPSA) is 59.8 Å². The lowest BCUT2D eigenvalue weighted by atomic mass is 10.1. The van der Waals surface area contributed by atoms with Gasteiger partial charge in [-0.05, 0) is 74.0 Å². The van der Waals surface area contributed by atoms with Gasteiger partial charge in [-0.25, -0.2) is 14.1 Å². The zero-order valence-corrected chi connectivity index (χ0v) is 17.1. The van der Waals surface area contributed by atoms with Gasteiger partial charge in [-0.3, -0.25) is 4.79 Å². The summed E-state index contributed by atoms with van der Waals surface area (Å²) in [5.74, 6) is -0.342. The summed E-state index contributed by atoms with van der Waals surface area (Å²) >= 11 is 6.00. The highest BCUT2D eigenvalue weighted by Gasteiger charge is 2.19. The van der Waals surface area contributed by atoms with Crippen LogP contribution in [0.4, 0.5) is 10.1 Å². The molecule has 4 rings (SSSR count). The number of nitrogens with one attached hydrogen (secondary N) is 1. The third-order valence-corrected chi connectivity index (χ3v) is 4.87. The molecule has 0 aliphatic rings. The Kier molecular flexibility index (Phi) is 5.33. The number of hydrogen-bond acceptors (Lipinski definition) is 3. The molecule has 0 fully saturated rings. The number of carbonyl (C=O) groups excluding carboxylic acids is 1. The smallest absolute Gasteiger partial charge is 0.295 e. The highest BCUT2D eigenvalue weighted by atomic mass is 35.5. The highest BCUT2D eigenvalue weighted by molar-refractivity contribution is 6.30. The number of benzene rings is 3. The van der Waals surface area contributed by atoms with E-state index < -0.39 is 5.91 Å². The number of carbonyl (C=O) groups is 1. The second kappa shape index (κ2) is 8.08. The largest absolute Gasteiger partial charge is 0.319 e. The Morgan fingerprint density at radius 3 is 2.37 bits per heavy atom. The van der Waals surface area contributed by atoms with Crippen molar-refractivity contribution in [2.45, 2.75) is 13.8 Å². The standard InChI is InChI=1S/C23H18ClFN4O/c1-14-3-12-20(15(2)13-14)26-23(30)21-27-22(16-4-6-17(24)7-5-16)29(28-21)19-10-8-18(25)9-11-19/h3-13H,1-2H3,(H,26,30). The molecular formula is C23H18ClFN4O. The van der Waals surface area contributed by atoms with Gasteiger partial charge < -0.3 is 5.32 Å². The van der Waals surface area contributed by atoms with Gasteiger partial charge in [0, 0.05) is 16.3 Å². The number of aromatic nitrogens is 3. The predicted octanol–water partition coefficient (Wildman–Crippen LogP) is 5.60. The molecule has 0 aliphatic carbocycles. The van der Waals surface area contributed by atoms with Gasteiger partial charge in [0.2, 0.25) is 5.82 Å². The Labute approximate surface area is 178 Å². The van der Waals surface area contributed by atoms with Crippen molar-refractivity contribution in [2.75, 3.05) is 5.32 Å². The van der Waals surface area contributed by atoms with Gasteiger partial charge in [0.1, 0.15) is 5.82 Å². The Morgan fingerprint density at radius 1 is 1.00 bits per heavy atom. The normalized spacial score (nSPS) is 10.8. The number of nitrogens with zero attached hydrogens (tertiary/aromatic N) is 3. The van der Waals surface area contributed by atoms with E-state index in [0.717, 1.165) is 16.7 Å². The molecule has 5 nitrogen and oxygen atoms in total. The van der Waals surface area contributed by atoms with E-state index in [9.17, 15) is 9.18 Å². The van der Waals surface area contributed by atoms with Crippen LogP contribution in [-0.2, 0) is 0 Å². The summed E-state index contributed by atoms with van der Waals surface area (Å²) < 4.78 is 14.9. The summed E-state index contributed by atoms with van der Waals surface area (Å²) in [6, 6.07) is 18.6. The van der Waals surface area contributed by atoms with Crippen LogP contribution >= 0.6 is 11.6 Å². The van der Waals surface area contributed by atoms with Gasteiger partial charge in [-0.1, -0.05) is 29.3 Å². The lowest BCUT2D eigenvalue weighted by Crippen LogP contribution is -2.15. The van der Waals surface area contributed by atoms with Crippen LogP contribution in [0, 0.1) is 19.7 Å². The van der Waals surface area contributed by atoms with Gasteiger partial charge in [0.25, 0.3) is 5.91 Å². The molecule has 1 aromatic heterocycles. The molecule has 4 aromatic rings. The van der Waals surface area contributed by atoms with Crippen molar-refractivity contribution in [1.82, 2.24) is 14.8 Å². The number of anilines is 1. The van der Waals surface area contributed by atoms with E-state index in [4.69, 9.17) is 11.6 Å². The monoisotopic (exact) mass is 420 g/mol. The van der Waals surface area contributed by atoms with Gasteiger partial charge in [-0.2, -0.15) is 0 Å². The summed E-state index contributed by atoms with van der Waals surface area (Å²) in [5, 5.41) is 7.83. The fourth-order valence-corrected chi connectivity index (χ4v) is 3.21. The van der Waals surface area contributed by atoms with Crippen molar-refractivity contribution in [3.8, 4) is 17.1 Å². The van der Waals surface area contributed by atoms with Crippen molar-refractivity contribution in [1.29, 1.82) is 0 Å². The Morgan fingerprint density at radius 2 is 1.70 bits per heavy atom. The molecule has 0 aliphatic heterocycles. The lowest BCUT2D eigenvalue weighted by Gasteiger charge is -2.07. The van der Waals surface area contributed by atoms with Crippen LogP contribution in [0.3, 0.4) is 0 Å². The molecule has 0 saturated carbocycles. The maximum Gasteiger partial charge on any atom is 0.295 e. The third-order valence-electron chi connectivity index (χ3n) is 4.61. The molecular weight excluding hydrogens is 403 g/mol. The van der Waals surface area contributed by atoms with E-state index in [1.54, 1.807) is 36.4 Å². The van der Waals surface area contributed by atoms with Crippen molar-refractivity contribution in [2.24, 2.45) is 0 Å². The summed E-state index contributed by atoms with van der Waals surface area (Å²) in [7, 11) is 0. The second-order valence-electron chi connectivity index (χ2n) is 6.93. The quantitative estimate of drug-likeness (QED) is 0.467. The zero-order valence-electron chi connectivity index (χ0n) is 16.4. The van der Waals surface area contributed by atoms with Crippen LogP contribution in [0.25, 0.3) is 17.1 Å². The Bertz CT molecular complexity index is 1150. The number of aryl methyl sites for hydroxylation is 2. The van der Waals surface area contributed by atoms with Crippen LogP contribution in [0.15, 0.2) is 66.7 Å². The van der Waals surface area contributed by atoms with E-state index in [1.165, 1.54) is 16.8 Å². The van der Waals surface area contributed by atoms with Gasteiger partial charge in [0.05, 0.1) is 5.69 Å². The SMILES string of the molecule is Cc1ccc(NC(=O)c2nc(-c3ccc(Cl)cc3)n(-c3ccc(F)cc3)n2)c(C)c1. The van der Waals surface area contributed by atoms with Crippen molar-refractivity contribution in [3.63, 3.8) is 0 Å². The van der Waals surface area contributed by atoms with Crippen LogP contribution in [0.2, 0.25) is 5.02 Å². The minimum absolute atomic E-state index is 0.00394. The molecule has 0 atom stereocenters. The third kappa shape index (κ3) is 4.09.